The van der Waals surface area contributed by atoms with Crippen molar-refractivity contribution in [3.63, 3.8) is 0 Å². The lowest BCUT2D eigenvalue weighted by molar-refractivity contribution is 0.406. The fourth-order valence-corrected chi connectivity index (χ4v) is 0.801. The van der Waals surface area contributed by atoms with Gasteiger partial charge >= 0.3 is 9.28 Å². The Balaban J connectivity index is 2.81. The van der Waals surface area contributed by atoms with Crippen LogP contribution in [-0.2, 0) is 0 Å². The van der Waals surface area contributed by atoms with Crippen LogP contribution in [0.2, 0.25) is 6.04 Å². The van der Waals surface area contributed by atoms with Crippen LogP contribution in [0.15, 0.2) is 12.7 Å². The first-order valence-electron chi connectivity index (χ1n) is 2.24. The maximum Gasteiger partial charge on any atom is 0.316 e. The van der Waals surface area contributed by atoms with Gasteiger partial charge in [-0.15, -0.1) is 6.58 Å². The largest absolute Gasteiger partial charge is 0.413 e. The molecule has 0 amide bonds. The average molecular weight is 118 g/mol. The van der Waals surface area contributed by atoms with Gasteiger partial charge in [-0.25, -0.2) is 0 Å². The summed E-state index contributed by atoms with van der Waals surface area (Å²) < 4.78 is 0. The molecule has 42 valence electrons. The maximum absolute atomic E-state index is 8.33. The lowest BCUT2D eigenvalue weighted by Gasteiger charge is -1.92. The lowest BCUT2D eigenvalue weighted by Crippen LogP contribution is -2.08. The second-order valence-corrected chi connectivity index (χ2v) is 2.89. The van der Waals surface area contributed by atoms with Gasteiger partial charge in [0.15, 0.2) is 0 Å². The van der Waals surface area contributed by atoms with Crippen LogP contribution in [0.4, 0.5) is 0 Å². The molecule has 0 aromatic rings. The summed E-state index contributed by atoms with van der Waals surface area (Å²) in [4.78, 5) is 16.7. The fourth-order valence-electron chi connectivity index (χ4n) is 0.267. The van der Waals surface area contributed by atoms with Gasteiger partial charge < -0.3 is 9.59 Å². The molecule has 0 atom stereocenters. The van der Waals surface area contributed by atoms with Gasteiger partial charge in [0.25, 0.3) is 0 Å². The molecule has 2 nitrogen and oxygen atoms in total. The van der Waals surface area contributed by atoms with Crippen molar-refractivity contribution < 1.29 is 9.59 Å². The summed E-state index contributed by atoms with van der Waals surface area (Å²) in [6.07, 6.45) is 2.41. The van der Waals surface area contributed by atoms with Crippen LogP contribution in [0.1, 0.15) is 6.42 Å². The molecule has 0 bridgehead atoms. The zero-order valence-corrected chi connectivity index (χ0v) is 5.33. The van der Waals surface area contributed by atoms with E-state index in [1.54, 1.807) is 6.08 Å². The van der Waals surface area contributed by atoms with Crippen LogP contribution in [0.3, 0.4) is 0 Å². The number of hydrogen-bond donors (Lipinski definition) is 2. The Labute approximate surface area is 45.0 Å². The van der Waals surface area contributed by atoms with E-state index < -0.39 is 9.28 Å². The first-order valence-corrected chi connectivity index (χ1v) is 4.09. The quantitative estimate of drug-likeness (QED) is 0.397. The van der Waals surface area contributed by atoms with Gasteiger partial charge in [-0.3, -0.25) is 0 Å². The number of allylic oxidation sites excluding steroid dienone is 1. The molecule has 0 aliphatic carbocycles. The van der Waals surface area contributed by atoms with E-state index in [1.807, 2.05) is 0 Å². The van der Waals surface area contributed by atoms with E-state index >= 15 is 0 Å². The molecule has 0 unspecified atom stereocenters. The fraction of sp³-hybridized carbons (Fsp3) is 0.500. The summed E-state index contributed by atoms with van der Waals surface area (Å²) in [5.41, 5.74) is 0. The predicted octanol–water partition coefficient (Wildman–Crippen LogP) is -0.232. The van der Waals surface area contributed by atoms with Gasteiger partial charge in [-0.2, -0.15) is 0 Å². The minimum Gasteiger partial charge on any atom is -0.413 e. The van der Waals surface area contributed by atoms with Crippen molar-refractivity contribution in [2.24, 2.45) is 0 Å². The molecule has 7 heavy (non-hydrogen) atoms. The van der Waals surface area contributed by atoms with Crippen molar-refractivity contribution in [1.29, 1.82) is 0 Å². The zero-order valence-electron chi connectivity index (χ0n) is 4.17. The Hall–Kier alpha value is -0.123. The van der Waals surface area contributed by atoms with Gasteiger partial charge in [-0.1, -0.05) is 6.08 Å². The lowest BCUT2D eigenvalue weighted by atomic mass is 10.5. The van der Waals surface area contributed by atoms with E-state index in [9.17, 15) is 0 Å². The van der Waals surface area contributed by atoms with E-state index in [4.69, 9.17) is 9.59 Å². The number of rotatable bonds is 3. The zero-order chi connectivity index (χ0) is 5.70. The molecule has 0 saturated heterocycles. The Kier molecular flexibility index (Phi) is 3.98. The molecule has 0 aliphatic heterocycles. The molecule has 0 heterocycles. The first-order chi connectivity index (χ1) is 3.27. The van der Waals surface area contributed by atoms with Crippen LogP contribution in [0.5, 0.6) is 0 Å². The minimum atomic E-state index is -2.26. The third-order valence-electron chi connectivity index (χ3n) is 0.629. The molecular formula is C4H10O2Si. The van der Waals surface area contributed by atoms with Crippen molar-refractivity contribution in [1.82, 2.24) is 0 Å². The third kappa shape index (κ3) is 5.88. The molecule has 0 aliphatic rings. The van der Waals surface area contributed by atoms with Gasteiger partial charge in [0, 0.05) is 0 Å². The van der Waals surface area contributed by atoms with Crippen LogP contribution in [-0.4, -0.2) is 18.9 Å². The Morgan fingerprint density at radius 3 is 2.29 bits per heavy atom. The summed E-state index contributed by atoms with van der Waals surface area (Å²) >= 11 is 0. The van der Waals surface area contributed by atoms with Crippen LogP contribution < -0.4 is 0 Å². The molecule has 0 fully saturated rings. The molecule has 2 N–H and O–H groups in total. The number of hydrogen-bond acceptors (Lipinski definition) is 2. The molecule has 0 aromatic heterocycles. The average Bonchev–Trinajstić information content (AvgIpc) is 1.61. The van der Waals surface area contributed by atoms with Crippen molar-refractivity contribution in [3.05, 3.63) is 12.7 Å². The van der Waals surface area contributed by atoms with Gasteiger partial charge in [-0.05, 0) is 12.5 Å². The SMILES string of the molecule is C=CCC[SiH](O)O. The normalized spacial score (nSPS) is 9.57. The van der Waals surface area contributed by atoms with Gasteiger partial charge in [0.2, 0.25) is 0 Å². The van der Waals surface area contributed by atoms with Crippen molar-refractivity contribution in [2.75, 3.05) is 0 Å². The molecular weight excluding hydrogens is 108 g/mol. The molecule has 3 heteroatoms. The highest BCUT2D eigenvalue weighted by atomic mass is 28.3. The molecule has 0 saturated carbocycles. The summed E-state index contributed by atoms with van der Waals surface area (Å²) in [5.74, 6) is 0. The van der Waals surface area contributed by atoms with Crippen molar-refractivity contribution >= 4 is 9.28 Å². The van der Waals surface area contributed by atoms with Crippen molar-refractivity contribution in [2.45, 2.75) is 12.5 Å². The van der Waals surface area contributed by atoms with Crippen LogP contribution in [0, 0.1) is 0 Å². The predicted molar refractivity (Wildman–Crippen MR) is 31.2 cm³/mol. The van der Waals surface area contributed by atoms with E-state index in [0.29, 0.717) is 6.04 Å². The minimum absolute atomic E-state index is 0.531. The van der Waals surface area contributed by atoms with Crippen LogP contribution >= 0.6 is 0 Å². The summed E-state index contributed by atoms with van der Waals surface area (Å²) in [7, 11) is -2.26. The first kappa shape index (κ1) is 6.88. The van der Waals surface area contributed by atoms with Crippen molar-refractivity contribution in [3.8, 4) is 0 Å². The summed E-state index contributed by atoms with van der Waals surface area (Å²) in [6, 6.07) is 0.531. The second kappa shape index (κ2) is 4.05. The molecule has 0 rings (SSSR count). The Bertz CT molecular complexity index is 53.7. The highest BCUT2D eigenvalue weighted by molar-refractivity contribution is 6.40. The molecule has 0 spiro atoms. The van der Waals surface area contributed by atoms with E-state index in [1.165, 1.54) is 0 Å². The van der Waals surface area contributed by atoms with E-state index in [0.717, 1.165) is 6.42 Å². The standard InChI is InChI=1S/C4H10O2Si/c1-2-3-4-7(5)6/h2,5-7H,1,3-4H2. The monoisotopic (exact) mass is 118 g/mol. The summed E-state index contributed by atoms with van der Waals surface area (Å²) in [6.45, 7) is 3.43. The Morgan fingerprint density at radius 2 is 2.14 bits per heavy atom. The third-order valence-corrected chi connectivity index (χ3v) is 1.48. The van der Waals surface area contributed by atoms with E-state index in [2.05, 4.69) is 6.58 Å². The topological polar surface area (TPSA) is 40.5 Å². The van der Waals surface area contributed by atoms with Crippen LogP contribution in [0.25, 0.3) is 0 Å². The van der Waals surface area contributed by atoms with Gasteiger partial charge in [0.1, 0.15) is 0 Å². The molecule has 0 aromatic carbocycles. The Morgan fingerprint density at radius 1 is 1.57 bits per heavy atom. The second-order valence-electron chi connectivity index (χ2n) is 1.35. The molecule has 0 radical (unpaired) electrons. The smallest absolute Gasteiger partial charge is 0.316 e. The highest BCUT2D eigenvalue weighted by Crippen LogP contribution is 1.90. The highest BCUT2D eigenvalue weighted by Gasteiger charge is 1.96. The summed E-state index contributed by atoms with van der Waals surface area (Å²) in [5, 5.41) is 0. The van der Waals surface area contributed by atoms with Gasteiger partial charge in [0.05, 0.1) is 0 Å². The maximum atomic E-state index is 8.33. The van der Waals surface area contributed by atoms with E-state index in [-0.39, 0.29) is 0 Å².